The van der Waals surface area contributed by atoms with Gasteiger partial charge in [-0.15, -0.1) is 11.6 Å². The molecule has 122 valence electrons. The van der Waals surface area contributed by atoms with Gasteiger partial charge in [0.15, 0.2) is 0 Å². The van der Waals surface area contributed by atoms with Crippen LogP contribution in [0, 0.1) is 6.92 Å². The number of hydrogen-bond donors (Lipinski definition) is 1. The summed E-state index contributed by atoms with van der Waals surface area (Å²) in [6, 6.07) is 26.6. The second kappa shape index (κ2) is 7.74. The number of halogens is 2. The highest BCUT2D eigenvalue weighted by Gasteiger charge is 2.18. The fourth-order valence-corrected chi connectivity index (χ4v) is 3.02. The van der Waals surface area contributed by atoms with E-state index in [2.05, 4.69) is 36.5 Å². The number of alkyl halides is 2. The van der Waals surface area contributed by atoms with Gasteiger partial charge in [0.1, 0.15) is 5.50 Å². The Morgan fingerprint density at radius 1 is 0.708 bits per heavy atom. The fourth-order valence-electron chi connectivity index (χ4n) is 2.54. The summed E-state index contributed by atoms with van der Waals surface area (Å²) in [6.07, 6.45) is 0. The van der Waals surface area contributed by atoms with Crippen molar-refractivity contribution in [2.24, 2.45) is 0 Å². The Hall–Kier alpha value is -1.96. The Kier molecular flexibility index (Phi) is 5.44. The van der Waals surface area contributed by atoms with Crippen LogP contribution in [0.4, 0.5) is 5.69 Å². The SMILES string of the molecule is Cc1ccc(NC(Cl)C(Cl)c2ccc(-c3ccccc3)cc2)cc1. The summed E-state index contributed by atoms with van der Waals surface area (Å²) in [7, 11) is 0. The third-order valence-corrected chi connectivity index (χ3v) is 4.94. The van der Waals surface area contributed by atoms with Crippen molar-refractivity contribution in [1.82, 2.24) is 0 Å². The third kappa shape index (κ3) is 4.11. The van der Waals surface area contributed by atoms with Gasteiger partial charge in [0.2, 0.25) is 0 Å². The van der Waals surface area contributed by atoms with E-state index in [9.17, 15) is 0 Å². The molecule has 2 atom stereocenters. The summed E-state index contributed by atoms with van der Waals surface area (Å²) in [5.41, 5.74) is 5.14. The number of nitrogens with one attached hydrogen (secondary N) is 1. The predicted molar refractivity (Wildman–Crippen MR) is 105 cm³/mol. The first-order valence-corrected chi connectivity index (χ1v) is 8.77. The van der Waals surface area contributed by atoms with E-state index in [1.807, 2.05) is 54.6 Å². The molecular formula is C21H19Cl2N. The first-order chi connectivity index (χ1) is 11.6. The smallest absolute Gasteiger partial charge is 0.122 e. The molecule has 3 aromatic rings. The zero-order valence-corrected chi connectivity index (χ0v) is 14.9. The second-order valence-electron chi connectivity index (χ2n) is 5.80. The molecule has 0 aromatic heterocycles. The summed E-state index contributed by atoms with van der Waals surface area (Å²) in [6.45, 7) is 2.06. The lowest BCUT2D eigenvalue weighted by atomic mass is 10.0. The summed E-state index contributed by atoms with van der Waals surface area (Å²) in [5.74, 6) is 0. The average Bonchev–Trinajstić information content (AvgIpc) is 2.64. The molecule has 0 bridgehead atoms. The Bertz CT molecular complexity index is 767. The molecular weight excluding hydrogens is 337 g/mol. The molecule has 0 aliphatic heterocycles. The minimum atomic E-state index is -0.392. The van der Waals surface area contributed by atoms with Crippen molar-refractivity contribution in [3.05, 3.63) is 90.0 Å². The van der Waals surface area contributed by atoms with Gasteiger partial charge in [0, 0.05) is 5.69 Å². The van der Waals surface area contributed by atoms with Crippen LogP contribution in [0.25, 0.3) is 11.1 Å². The van der Waals surface area contributed by atoms with Crippen LogP contribution in [0.15, 0.2) is 78.9 Å². The zero-order chi connectivity index (χ0) is 16.9. The normalized spacial score (nSPS) is 13.3. The van der Waals surface area contributed by atoms with Gasteiger partial charge < -0.3 is 5.32 Å². The second-order valence-corrected chi connectivity index (χ2v) is 6.74. The summed E-state index contributed by atoms with van der Waals surface area (Å²) in [4.78, 5) is 0. The molecule has 0 fully saturated rings. The van der Waals surface area contributed by atoms with Gasteiger partial charge in [-0.25, -0.2) is 0 Å². The highest BCUT2D eigenvalue weighted by atomic mass is 35.5. The first kappa shape index (κ1) is 16.9. The minimum absolute atomic E-state index is 0.321. The van der Waals surface area contributed by atoms with Crippen LogP contribution < -0.4 is 5.32 Å². The molecule has 0 saturated heterocycles. The Labute approximate surface area is 153 Å². The maximum atomic E-state index is 6.54. The van der Waals surface area contributed by atoms with Crippen LogP contribution in [0.3, 0.4) is 0 Å². The summed E-state index contributed by atoms with van der Waals surface area (Å²) < 4.78 is 0. The molecule has 0 aliphatic carbocycles. The van der Waals surface area contributed by atoms with Gasteiger partial charge in [-0.3, -0.25) is 0 Å². The van der Waals surface area contributed by atoms with E-state index < -0.39 is 5.50 Å². The van der Waals surface area contributed by atoms with E-state index in [0.717, 1.165) is 11.3 Å². The van der Waals surface area contributed by atoms with Gasteiger partial charge in [-0.1, -0.05) is 83.9 Å². The van der Waals surface area contributed by atoms with Gasteiger partial charge in [-0.2, -0.15) is 0 Å². The van der Waals surface area contributed by atoms with Crippen LogP contribution in [0.2, 0.25) is 0 Å². The highest BCUT2D eigenvalue weighted by molar-refractivity contribution is 6.30. The molecule has 0 amide bonds. The zero-order valence-electron chi connectivity index (χ0n) is 13.4. The standard InChI is InChI=1S/C21H19Cl2N/c1-15-7-13-19(14-8-15)24-21(23)20(22)18-11-9-17(10-12-18)16-5-3-2-4-6-16/h2-14,20-21,24H,1H3. The van der Waals surface area contributed by atoms with E-state index in [-0.39, 0.29) is 5.38 Å². The Balaban J connectivity index is 1.70. The first-order valence-electron chi connectivity index (χ1n) is 7.90. The molecule has 24 heavy (non-hydrogen) atoms. The largest absolute Gasteiger partial charge is 0.368 e. The van der Waals surface area contributed by atoms with Crippen molar-refractivity contribution in [3.8, 4) is 11.1 Å². The molecule has 0 heterocycles. The third-order valence-electron chi connectivity index (χ3n) is 3.95. The molecule has 1 nitrogen and oxygen atoms in total. The average molecular weight is 356 g/mol. The fraction of sp³-hybridized carbons (Fsp3) is 0.143. The van der Waals surface area contributed by atoms with Gasteiger partial charge in [0.25, 0.3) is 0 Å². The highest BCUT2D eigenvalue weighted by Crippen LogP contribution is 2.30. The lowest BCUT2D eigenvalue weighted by Gasteiger charge is -2.19. The van der Waals surface area contributed by atoms with Crippen LogP contribution in [0.5, 0.6) is 0 Å². The van der Waals surface area contributed by atoms with Crippen molar-refractivity contribution < 1.29 is 0 Å². The Morgan fingerprint density at radius 2 is 1.29 bits per heavy atom. The quantitative estimate of drug-likeness (QED) is 0.400. The molecule has 0 aliphatic rings. The van der Waals surface area contributed by atoms with E-state index in [0.29, 0.717) is 0 Å². The van der Waals surface area contributed by atoms with E-state index in [1.54, 1.807) is 0 Å². The molecule has 0 radical (unpaired) electrons. The topological polar surface area (TPSA) is 12.0 Å². The molecule has 3 heteroatoms. The maximum Gasteiger partial charge on any atom is 0.122 e. The van der Waals surface area contributed by atoms with Gasteiger partial charge >= 0.3 is 0 Å². The number of aryl methyl sites for hydroxylation is 1. The molecule has 3 rings (SSSR count). The Morgan fingerprint density at radius 3 is 1.92 bits per heavy atom. The van der Waals surface area contributed by atoms with E-state index >= 15 is 0 Å². The molecule has 1 N–H and O–H groups in total. The summed E-state index contributed by atoms with van der Waals surface area (Å²) in [5, 5.41) is 2.93. The minimum Gasteiger partial charge on any atom is -0.368 e. The van der Waals surface area contributed by atoms with Crippen molar-refractivity contribution >= 4 is 28.9 Å². The van der Waals surface area contributed by atoms with Crippen molar-refractivity contribution in [2.75, 3.05) is 5.32 Å². The molecule has 0 spiro atoms. The maximum absolute atomic E-state index is 6.54. The number of anilines is 1. The lowest BCUT2D eigenvalue weighted by Crippen LogP contribution is -2.18. The molecule has 0 saturated carbocycles. The van der Waals surface area contributed by atoms with Crippen LogP contribution >= 0.6 is 23.2 Å². The number of rotatable bonds is 5. The lowest BCUT2D eigenvalue weighted by molar-refractivity contribution is 0.906. The monoisotopic (exact) mass is 355 g/mol. The van der Waals surface area contributed by atoms with Crippen LogP contribution in [-0.2, 0) is 0 Å². The number of hydrogen-bond acceptors (Lipinski definition) is 1. The number of benzene rings is 3. The van der Waals surface area contributed by atoms with Gasteiger partial charge in [-0.05, 0) is 35.7 Å². The van der Waals surface area contributed by atoms with Crippen molar-refractivity contribution in [1.29, 1.82) is 0 Å². The van der Waals surface area contributed by atoms with Crippen LogP contribution in [-0.4, -0.2) is 5.50 Å². The van der Waals surface area contributed by atoms with E-state index in [1.165, 1.54) is 16.7 Å². The van der Waals surface area contributed by atoms with E-state index in [4.69, 9.17) is 23.2 Å². The molecule has 3 aromatic carbocycles. The van der Waals surface area contributed by atoms with Crippen LogP contribution in [0.1, 0.15) is 16.5 Å². The van der Waals surface area contributed by atoms with Crippen molar-refractivity contribution in [3.63, 3.8) is 0 Å². The molecule has 2 unspecified atom stereocenters. The van der Waals surface area contributed by atoms with Crippen molar-refractivity contribution in [2.45, 2.75) is 17.8 Å². The van der Waals surface area contributed by atoms with Gasteiger partial charge in [0.05, 0.1) is 5.38 Å². The predicted octanol–water partition coefficient (Wildman–Crippen LogP) is 6.62. The summed E-state index contributed by atoms with van der Waals surface area (Å²) >= 11 is 13.0.